The molecular weight excluding hydrogens is 496 g/mol. The first-order chi connectivity index (χ1) is 19.2. The number of aliphatic carboxylic acids is 1. The Hall–Kier alpha value is -1.71. The van der Waals surface area contributed by atoms with Gasteiger partial charge in [-0.25, -0.2) is 0 Å². The molecule has 232 valence electrons. The molecule has 0 fully saturated rings. The molecule has 0 aliphatic rings. The molecule has 40 heavy (non-hydrogen) atoms. The molecule has 0 bridgehead atoms. The van der Waals surface area contributed by atoms with Gasteiger partial charge in [0.05, 0.1) is 5.92 Å². The third-order valence-corrected chi connectivity index (χ3v) is 8.97. The van der Waals surface area contributed by atoms with Gasteiger partial charge in [-0.15, -0.1) is 0 Å². The fourth-order valence-electron chi connectivity index (χ4n) is 6.08. The molecule has 3 N–H and O–H groups in total. The molecule has 1 aromatic rings. The van der Waals surface area contributed by atoms with Gasteiger partial charge in [-0.1, -0.05) is 149 Å². The lowest BCUT2D eigenvalue weighted by Gasteiger charge is -2.27. The number of hydrogen-bond donors (Lipinski definition) is 3. The normalized spacial score (nSPS) is 13.4. The van der Waals surface area contributed by atoms with Gasteiger partial charge in [0.2, 0.25) is 0 Å². The van der Waals surface area contributed by atoms with Crippen LogP contribution in [-0.4, -0.2) is 21.3 Å². The van der Waals surface area contributed by atoms with Gasteiger partial charge in [-0.05, 0) is 48.6 Å². The van der Waals surface area contributed by atoms with Crippen molar-refractivity contribution in [2.45, 2.75) is 174 Å². The lowest BCUT2D eigenvalue weighted by Crippen LogP contribution is -2.18. The molecule has 0 heterocycles. The zero-order chi connectivity index (χ0) is 29.6. The quantitative estimate of drug-likeness (QED) is 0.0985. The van der Waals surface area contributed by atoms with Crippen LogP contribution in [0.4, 0.5) is 0 Å². The van der Waals surface area contributed by atoms with Crippen LogP contribution >= 0.6 is 0 Å². The Labute approximate surface area is 247 Å². The van der Waals surface area contributed by atoms with Crippen molar-refractivity contribution in [3.8, 4) is 11.5 Å². The van der Waals surface area contributed by atoms with Crippen molar-refractivity contribution in [2.75, 3.05) is 0 Å². The van der Waals surface area contributed by atoms with E-state index in [1.54, 1.807) is 6.07 Å². The molecule has 0 amide bonds. The molecule has 2 unspecified atom stereocenters. The number of phenolic OH excluding ortho intramolecular Hbond substituents is 2. The Bertz CT molecular complexity index is 772. The maximum atomic E-state index is 11.8. The molecule has 4 heteroatoms. The summed E-state index contributed by atoms with van der Waals surface area (Å²) in [6.07, 6.45) is 27.1. The number of benzene rings is 1. The summed E-state index contributed by atoms with van der Waals surface area (Å²) >= 11 is 0. The summed E-state index contributed by atoms with van der Waals surface area (Å²) in [7, 11) is 0. The third kappa shape index (κ3) is 17.2. The number of aromatic hydroxyl groups is 2. The summed E-state index contributed by atoms with van der Waals surface area (Å²) in [5, 5.41) is 29.5. The van der Waals surface area contributed by atoms with Crippen molar-refractivity contribution in [1.29, 1.82) is 0 Å². The fourth-order valence-corrected chi connectivity index (χ4v) is 6.08. The predicted molar refractivity (Wildman–Crippen MR) is 170 cm³/mol. The highest BCUT2D eigenvalue weighted by Gasteiger charge is 2.24. The van der Waals surface area contributed by atoms with Gasteiger partial charge in [0.25, 0.3) is 0 Å². The van der Waals surface area contributed by atoms with E-state index in [1.165, 1.54) is 96.0 Å². The number of carboxylic acid groups (broad SMARTS) is 1. The van der Waals surface area contributed by atoms with Crippen LogP contribution in [0.25, 0.3) is 0 Å². The van der Waals surface area contributed by atoms with Crippen molar-refractivity contribution in [3.63, 3.8) is 0 Å². The maximum Gasteiger partial charge on any atom is 0.306 e. The monoisotopic (exact) mass is 560 g/mol. The minimum atomic E-state index is -0.628. The number of hydrogen-bond acceptors (Lipinski definition) is 3. The Balaban J connectivity index is 2.07. The summed E-state index contributed by atoms with van der Waals surface area (Å²) < 4.78 is 0. The van der Waals surface area contributed by atoms with Crippen LogP contribution in [0.1, 0.15) is 175 Å². The second-order valence-electron chi connectivity index (χ2n) is 13.3. The summed E-state index contributed by atoms with van der Waals surface area (Å²) in [4.78, 5) is 11.8. The van der Waals surface area contributed by atoms with E-state index in [4.69, 9.17) is 0 Å². The van der Waals surface area contributed by atoms with Crippen molar-refractivity contribution in [2.24, 2.45) is 11.8 Å². The zero-order valence-corrected chi connectivity index (χ0v) is 26.7. The topological polar surface area (TPSA) is 77.8 Å². The highest BCUT2D eigenvalue weighted by atomic mass is 16.4. The van der Waals surface area contributed by atoms with Crippen LogP contribution in [0.2, 0.25) is 0 Å². The van der Waals surface area contributed by atoms with Crippen LogP contribution in [0.15, 0.2) is 18.2 Å². The standard InChI is InChI=1S/C36H64O4/c1-5-6-7-8-9-10-11-12-13-14-15-16-17-18-19-20-23-31(35(39)40)25-24-30(2)22-21-28-36(3,4)33-27-26-32(37)29-34(33)38/h26-27,29-31,37-38H,5-25,28H2,1-4H3,(H,39,40). The number of rotatable bonds is 26. The van der Waals surface area contributed by atoms with E-state index in [0.29, 0.717) is 5.92 Å². The first kappa shape index (κ1) is 36.3. The molecule has 2 atom stereocenters. The smallest absolute Gasteiger partial charge is 0.306 e. The second-order valence-corrected chi connectivity index (χ2v) is 13.3. The zero-order valence-electron chi connectivity index (χ0n) is 26.7. The Kier molecular flexibility index (Phi) is 19.9. The number of carbonyl (C=O) groups is 1. The Morgan fingerprint density at radius 1 is 0.700 bits per heavy atom. The van der Waals surface area contributed by atoms with Gasteiger partial charge < -0.3 is 15.3 Å². The summed E-state index contributed by atoms with van der Waals surface area (Å²) in [6, 6.07) is 4.85. The van der Waals surface area contributed by atoms with Gasteiger partial charge in [-0.3, -0.25) is 4.79 Å². The van der Waals surface area contributed by atoms with Crippen molar-refractivity contribution < 1.29 is 20.1 Å². The number of carboxylic acids is 1. The lowest BCUT2D eigenvalue weighted by molar-refractivity contribution is -0.142. The van der Waals surface area contributed by atoms with Crippen molar-refractivity contribution in [3.05, 3.63) is 23.8 Å². The summed E-state index contributed by atoms with van der Waals surface area (Å²) in [6.45, 7) is 8.77. The molecule has 0 aliphatic carbocycles. The van der Waals surface area contributed by atoms with E-state index in [2.05, 4.69) is 27.7 Å². The number of phenols is 2. The van der Waals surface area contributed by atoms with E-state index in [0.717, 1.165) is 56.9 Å². The molecule has 0 saturated heterocycles. The highest BCUT2D eigenvalue weighted by molar-refractivity contribution is 5.69. The maximum absolute atomic E-state index is 11.8. The minimum absolute atomic E-state index is 0.0817. The predicted octanol–water partition coefficient (Wildman–Crippen LogP) is 11.3. The molecule has 1 rings (SSSR count). The van der Waals surface area contributed by atoms with Crippen LogP contribution < -0.4 is 0 Å². The van der Waals surface area contributed by atoms with Gasteiger partial charge in [0.1, 0.15) is 11.5 Å². The first-order valence-corrected chi connectivity index (χ1v) is 16.9. The van der Waals surface area contributed by atoms with Crippen molar-refractivity contribution >= 4 is 5.97 Å². The van der Waals surface area contributed by atoms with Crippen molar-refractivity contribution in [1.82, 2.24) is 0 Å². The minimum Gasteiger partial charge on any atom is -0.508 e. The molecule has 0 radical (unpaired) electrons. The van der Waals surface area contributed by atoms with Crippen LogP contribution in [0, 0.1) is 11.8 Å². The Morgan fingerprint density at radius 2 is 1.20 bits per heavy atom. The average molecular weight is 561 g/mol. The molecular formula is C36H64O4. The van der Waals surface area contributed by atoms with E-state index in [9.17, 15) is 20.1 Å². The lowest BCUT2D eigenvalue weighted by atomic mass is 9.78. The summed E-state index contributed by atoms with van der Waals surface area (Å²) in [5.74, 6) is -0.108. The Morgan fingerprint density at radius 3 is 1.68 bits per heavy atom. The molecule has 0 saturated carbocycles. The number of unbranched alkanes of at least 4 members (excludes halogenated alkanes) is 15. The SMILES string of the molecule is CCCCCCCCCCCCCCCCCCC(CCC(C)CCCC(C)(C)c1ccc(O)cc1O)C(=O)O. The third-order valence-electron chi connectivity index (χ3n) is 8.97. The largest absolute Gasteiger partial charge is 0.508 e. The molecule has 0 spiro atoms. The molecule has 1 aromatic carbocycles. The van der Waals surface area contributed by atoms with Crippen LogP contribution in [-0.2, 0) is 10.2 Å². The fraction of sp³-hybridized carbons (Fsp3) is 0.806. The second kappa shape index (κ2) is 22.0. The summed E-state index contributed by atoms with van der Waals surface area (Å²) in [5.41, 5.74) is 0.691. The van der Waals surface area contributed by atoms with Gasteiger partial charge in [0, 0.05) is 6.07 Å². The van der Waals surface area contributed by atoms with E-state index < -0.39 is 5.97 Å². The van der Waals surface area contributed by atoms with Gasteiger partial charge in [0.15, 0.2) is 0 Å². The molecule has 0 aromatic heterocycles. The van der Waals surface area contributed by atoms with Crippen LogP contribution in [0.5, 0.6) is 11.5 Å². The van der Waals surface area contributed by atoms with E-state index >= 15 is 0 Å². The molecule has 4 nitrogen and oxygen atoms in total. The van der Waals surface area contributed by atoms with Gasteiger partial charge in [-0.2, -0.15) is 0 Å². The van der Waals surface area contributed by atoms with E-state index in [1.807, 2.05) is 6.07 Å². The first-order valence-electron chi connectivity index (χ1n) is 16.9. The van der Waals surface area contributed by atoms with Crippen LogP contribution in [0.3, 0.4) is 0 Å². The average Bonchev–Trinajstić information content (AvgIpc) is 2.89. The molecule has 0 aliphatic heterocycles. The van der Waals surface area contributed by atoms with Gasteiger partial charge >= 0.3 is 5.97 Å². The van der Waals surface area contributed by atoms with E-state index in [-0.39, 0.29) is 22.8 Å². The highest BCUT2D eigenvalue weighted by Crippen LogP contribution is 2.37.